The van der Waals surface area contributed by atoms with Crippen molar-refractivity contribution >= 4 is 6.03 Å². The lowest BCUT2D eigenvalue weighted by Crippen LogP contribution is -2.41. The Kier molecular flexibility index (Phi) is 5.55. The van der Waals surface area contributed by atoms with Crippen molar-refractivity contribution in [2.24, 2.45) is 11.5 Å². The van der Waals surface area contributed by atoms with Crippen LogP contribution in [-0.2, 0) is 0 Å². The molecule has 1 saturated heterocycles. The number of nitrogens with zero attached hydrogens (tertiary/aromatic N) is 2. The number of rotatable bonds is 4. The van der Waals surface area contributed by atoms with Crippen molar-refractivity contribution in [2.45, 2.75) is 32.2 Å². The van der Waals surface area contributed by atoms with E-state index in [-0.39, 0.29) is 6.03 Å². The molecule has 1 rings (SSSR count). The molecule has 1 heterocycles. The number of nitrogens with two attached hydrogens (primary N) is 2. The molecule has 1 fully saturated rings. The Bertz CT molecular complexity index is 222. The Morgan fingerprint density at radius 3 is 2.62 bits per heavy atom. The summed E-state index contributed by atoms with van der Waals surface area (Å²) in [4.78, 5) is 15.3. The number of carbonyl (C=O) groups is 1. The fourth-order valence-corrected chi connectivity index (χ4v) is 2.36. The number of amides is 2. The summed E-state index contributed by atoms with van der Waals surface area (Å²) in [5, 5.41) is 0. The van der Waals surface area contributed by atoms with Crippen LogP contribution in [0.2, 0.25) is 0 Å². The highest BCUT2D eigenvalue weighted by molar-refractivity contribution is 5.71. The Morgan fingerprint density at radius 2 is 2.06 bits per heavy atom. The molecule has 0 saturated carbocycles. The van der Waals surface area contributed by atoms with Crippen molar-refractivity contribution in [1.29, 1.82) is 0 Å². The van der Waals surface area contributed by atoms with Crippen LogP contribution in [0.3, 0.4) is 0 Å². The highest BCUT2D eigenvalue weighted by atomic mass is 16.2. The molecular formula is C11H24N4O. The topological polar surface area (TPSA) is 75.6 Å². The molecule has 1 aliphatic heterocycles. The van der Waals surface area contributed by atoms with Gasteiger partial charge in [-0.05, 0) is 25.8 Å². The molecule has 94 valence electrons. The van der Waals surface area contributed by atoms with E-state index in [0.29, 0.717) is 6.04 Å². The molecule has 0 bridgehead atoms. The van der Waals surface area contributed by atoms with Gasteiger partial charge in [0.2, 0.25) is 0 Å². The number of hydrogen-bond donors (Lipinski definition) is 2. The third-order valence-electron chi connectivity index (χ3n) is 3.33. The van der Waals surface area contributed by atoms with Crippen molar-refractivity contribution in [3.8, 4) is 0 Å². The molecule has 2 amide bonds. The summed E-state index contributed by atoms with van der Waals surface area (Å²) in [6.07, 6.45) is 3.16. The maximum atomic E-state index is 11.1. The van der Waals surface area contributed by atoms with Gasteiger partial charge in [0.05, 0.1) is 0 Å². The molecule has 1 atom stereocenters. The van der Waals surface area contributed by atoms with E-state index in [1.807, 2.05) is 0 Å². The van der Waals surface area contributed by atoms with Crippen molar-refractivity contribution < 1.29 is 4.79 Å². The van der Waals surface area contributed by atoms with Crippen LogP contribution in [0.5, 0.6) is 0 Å². The van der Waals surface area contributed by atoms with Crippen molar-refractivity contribution in [3.63, 3.8) is 0 Å². The third-order valence-corrected chi connectivity index (χ3v) is 3.33. The van der Waals surface area contributed by atoms with Crippen LogP contribution in [0.15, 0.2) is 0 Å². The summed E-state index contributed by atoms with van der Waals surface area (Å²) >= 11 is 0. The van der Waals surface area contributed by atoms with Crippen LogP contribution < -0.4 is 11.5 Å². The van der Waals surface area contributed by atoms with Gasteiger partial charge in [-0.2, -0.15) is 0 Å². The van der Waals surface area contributed by atoms with Gasteiger partial charge in [-0.15, -0.1) is 0 Å². The van der Waals surface area contributed by atoms with Crippen LogP contribution in [-0.4, -0.2) is 54.6 Å². The normalized spacial score (nSPS) is 20.5. The molecule has 5 nitrogen and oxygen atoms in total. The third kappa shape index (κ3) is 3.64. The number of primary amides is 1. The van der Waals surface area contributed by atoms with Gasteiger partial charge >= 0.3 is 6.03 Å². The van der Waals surface area contributed by atoms with E-state index in [1.54, 1.807) is 4.90 Å². The minimum absolute atomic E-state index is 0.297. The molecule has 1 unspecified atom stereocenters. The molecule has 0 spiro atoms. The first-order chi connectivity index (χ1) is 7.69. The Hall–Kier alpha value is -0.810. The van der Waals surface area contributed by atoms with Crippen LogP contribution in [0, 0.1) is 0 Å². The molecule has 0 aromatic heterocycles. The standard InChI is InChI=1S/C11H24N4O/c1-2-10(4-5-12)14-6-3-7-15(9-8-14)11(13)16/h10H,2-9,12H2,1H3,(H2,13,16). The molecule has 1 aliphatic rings. The molecule has 4 N–H and O–H groups in total. The first kappa shape index (κ1) is 13.3. The van der Waals surface area contributed by atoms with Crippen LogP contribution in [0.25, 0.3) is 0 Å². The van der Waals surface area contributed by atoms with Crippen molar-refractivity contribution in [3.05, 3.63) is 0 Å². The van der Waals surface area contributed by atoms with E-state index in [4.69, 9.17) is 11.5 Å². The summed E-state index contributed by atoms with van der Waals surface area (Å²) in [5.41, 5.74) is 10.9. The van der Waals surface area contributed by atoms with Gasteiger partial charge in [-0.25, -0.2) is 4.79 Å². The van der Waals surface area contributed by atoms with Gasteiger partial charge in [0, 0.05) is 32.2 Å². The summed E-state index contributed by atoms with van der Waals surface area (Å²) in [6, 6.07) is 0.256. The highest BCUT2D eigenvalue weighted by Crippen LogP contribution is 2.12. The van der Waals surface area contributed by atoms with Gasteiger partial charge in [0.1, 0.15) is 0 Å². The predicted octanol–water partition coefficient (Wildman–Crippen LogP) is 0.200. The van der Waals surface area contributed by atoms with E-state index < -0.39 is 0 Å². The zero-order valence-corrected chi connectivity index (χ0v) is 10.2. The number of hydrogen-bond acceptors (Lipinski definition) is 3. The average molecular weight is 228 g/mol. The largest absolute Gasteiger partial charge is 0.351 e. The Balaban J connectivity index is 2.48. The number of urea groups is 1. The first-order valence-electron chi connectivity index (χ1n) is 6.17. The van der Waals surface area contributed by atoms with E-state index in [1.165, 1.54) is 0 Å². The minimum Gasteiger partial charge on any atom is -0.351 e. The fourth-order valence-electron chi connectivity index (χ4n) is 2.36. The quantitative estimate of drug-likeness (QED) is 0.721. The molecule has 0 aromatic rings. The lowest BCUT2D eigenvalue weighted by Gasteiger charge is -2.29. The maximum Gasteiger partial charge on any atom is 0.314 e. The van der Waals surface area contributed by atoms with Crippen LogP contribution in [0.1, 0.15) is 26.2 Å². The smallest absolute Gasteiger partial charge is 0.314 e. The molecule has 0 aliphatic carbocycles. The first-order valence-corrected chi connectivity index (χ1v) is 6.17. The average Bonchev–Trinajstić information content (AvgIpc) is 2.51. The lowest BCUT2D eigenvalue weighted by atomic mass is 10.1. The minimum atomic E-state index is -0.297. The SMILES string of the molecule is CCC(CCN)N1CCCN(C(N)=O)CC1. The molecule has 16 heavy (non-hydrogen) atoms. The van der Waals surface area contributed by atoms with Crippen LogP contribution in [0.4, 0.5) is 4.79 Å². The molecular weight excluding hydrogens is 204 g/mol. The lowest BCUT2D eigenvalue weighted by molar-refractivity contribution is 0.183. The molecule has 5 heteroatoms. The van der Waals surface area contributed by atoms with E-state index in [9.17, 15) is 4.79 Å². The second-order valence-electron chi connectivity index (χ2n) is 4.35. The van der Waals surface area contributed by atoms with Gasteiger partial charge in [-0.1, -0.05) is 6.92 Å². The predicted molar refractivity (Wildman–Crippen MR) is 65.1 cm³/mol. The van der Waals surface area contributed by atoms with Crippen LogP contribution >= 0.6 is 0 Å². The van der Waals surface area contributed by atoms with Gasteiger partial charge in [0.15, 0.2) is 0 Å². The maximum absolute atomic E-state index is 11.1. The summed E-state index contributed by atoms with van der Waals surface area (Å²) < 4.78 is 0. The van der Waals surface area contributed by atoms with Gasteiger partial charge in [-0.3, -0.25) is 4.90 Å². The Morgan fingerprint density at radius 1 is 1.31 bits per heavy atom. The fraction of sp³-hybridized carbons (Fsp3) is 0.909. The summed E-state index contributed by atoms with van der Waals surface area (Å²) in [5.74, 6) is 0. The highest BCUT2D eigenvalue weighted by Gasteiger charge is 2.21. The van der Waals surface area contributed by atoms with E-state index in [0.717, 1.165) is 52.0 Å². The molecule has 0 aromatic carbocycles. The van der Waals surface area contributed by atoms with Crippen molar-refractivity contribution in [1.82, 2.24) is 9.80 Å². The zero-order chi connectivity index (χ0) is 12.0. The van der Waals surface area contributed by atoms with Gasteiger partial charge in [0.25, 0.3) is 0 Å². The Labute approximate surface area is 97.7 Å². The van der Waals surface area contributed by atoms with E-state index >= 15 is 0 Å². The summed E-state index contributed by atoms with van der Waals surface area (Å²) in [7, 11) is 0. The number of carbonyl (C=O) groups excluding carboxylic acids is 1. The monoisotopic (exact) mass is 228 g/mol. The second-order valence-corrected chi connectivity index (χ2v) is 4.35. The summed E-state index contributed by atoms with van der Waals surface area (Å²) in [6.45, 7) is 6.41. The van der Waals surface area contributed by atoms with E-state index in [2.05, 4.69) is 11.8 Å². The van der Waals surface area contributed by atoms with Crippen molar-refractivity contribution in [2.75, 3.05) is 32.7 Å². The second kappa shape index (κ2) is 6.70. The zero-order valence-electron chi connectivity index (χ0n) is 10.2. The van der Waals surface area contributed by atoms with Gasteiger partial charge < -0.3 is 16.4 Å². The molecule has 0 radical (unpaired) electrons.